The number of nitrogens with zero attached hydrogens (tertiary/aromatic N) is 1. The third kappa shape index (κ3) is 2.57. The highest BCUT2D eigenvalue weighted by atomic mass is 35.5. The Labute approximate surface area is 103 Å². The lowest BCUT2D eigenvalue weighted by molar-refractivity contribution is 0.163. The highest BCUT2D eigenvalue weighted by molar-refractivity contribution is 6.31. The molecule has 1 aliphatic rings. The molecule has 1 fully saturated rings. The molecule has 0 radical (unpaired) electrons. The van der Waals surface area contributed by atoms with Crippen molar-refractivity contribution in [3.05, 3.63) is 34.9 Å². The summed E-state index contributed by atoms with van der Waals surface area (Å²) in [5.41, 5.74) is 1.24. The first-order valence-corrected chi connectivity index (χ1v) is 6.23. The van der Waals surface area contributed by atoms with E-state index in [9.17, 15) is 0 Å². The van der Waals surface area contributed by atoms with Crippen molar-refractivity contribution in [2.75, 3.05) is 20.1 Å². The second-order valence-corrected chi connectivity index (χ2v) is 4.98. The van der Waals surface area contributed by atoms with E-state index in [1.54, 1.807) is 0 Å². The Kier molecular flexibility index (Phi) is 3.85. The van der Waals surface area contributed by atoms with Gasteiger partial charge in [-0.25, -0.2) is 0 Å². The summed E-state index contributed by atoms with van der Waals surface area (Å²) in [5.74, 6) is 0. The number of likely N-dealkylation sites (N-methyl/N-ethyl adjacent to an activating group) is 1. The van der Waals surface area contributed by atoms with Gasteiger partial charge in [0.1, 0.15) is 0 Å². The average Bonchev–Trinajstić information content (AvgIpc) is 2.28. The van der Waals surface area contributed by atoms with Gasteiger partial charge in [-0.1, -0.05) is 29.8 Å². The zero-order chi connectivity index (χ0) is 11.5. The van der Waals surface area contributed by atoms with Crippen molar-refractivity contribution in [2.45, 2.75) is 25.4 Å². The van der Waals surface area contributed by atoms with Gasteiger partial charge >= 0.3 is 0 Å². The molecular formula is C13H19ClN2. The second kappa shape index (κ2) is 5.17. The molecular weight excluding hydrogens is 220 g/mol. The fourth-order valence-corrected chi connectivity index (χ4v) is 2.46. The van der Waals surface area contributed by atoms with Gasteiger partial charge < -0.3 is 10.2 Å². The van der Waals surface area contributed by atoms with E-state index in [4.69, 9.17) is 11.6 Å². The summed E-state index contributed by atoms with van der Waals surface area (Å²) in [5, 5.41) is 4.45. The van der Waals surface area contributed by atoms with Crippen LogP contribution >= 0.6 is 11.6 Å². The Morgan fingerprint density at radius 3 is 2.94 bits per heavy atom. The second-order valence-electron chi connectivity index (χ2n) is 4.58. The molecule has 0 amide bonds. The van der Waals surface area contributed by atoms with Crippen LogP contribution < -0.4 is 5.32 Å². The average molecular weight is 239 g/mol. The van der Waals surface area contributed by atoms with E-state index >= 15 is 0 Å². The molecule has 1 saturated heterocycles. The molecule has 1 heterocycles. The molecule has 88 valence electrons. The van der Waals surface area contributed by atoms with E-state index in [2.05, 4.69) is 36.3 Å². The van der Waals surface area contributed by atoms with Crippen LogP contribution in [0.25, 0.3) is 0 Å². The number of halogens is 1. The molecule has 1 N–H and O–H groups in total. The van der Waals surface area contributed by atoms with Gasteiger partial charge in [-0.05, 0) is 32.0 Å². The van der Waals surface area contributed by atoms with Crippen LogP contribution in [-0.4, -0.2) is 37.1 Å². The monoisotopic (exact) mass is 238 g/mol. The van der Waals surface area contributed by atoms with Crippen LogP contribution in [0.2, 0.25) is 5.02 Å². The Hall–Kier alpha value is -0.570. The number of piperazine rings is 1. The van der Waals surface area contributed by atoms with Crippen LogP contribution in [-0.2, 0) is 6.42 Å². The van der Waals surface area contributed by atoms with Crippen LogP contribution in [0.4, 0.5) is 0 Å². The minimum atomic E-state index is 0.499. The van der Waals surface area contributed by atoms with E-state index < -0.39 is 0 Å². The van der Waals surface area contributed by atoms with Crippen molar-refractivity contribution in [1.82, 2.24) is 10.2 Å². The molecule has 0 spiro atoms. The number of nitrogens with one attached hydrogen (secondary N) is 1. The normalized spacial score (nSPS) is 26.9. The van der Waals surface area contributed by atoms with Crippen LogP contribution in [0.3, 0.4) is 0 Å². The van der Waals surface area contributed by atoms with Crippen LogP contribution in [0, 0.1) is 0 Å². The molecule has 2 atom stereocenters. The van der Waals surface area contributed by atoms with Crippen LogP contribution in [0.5, 0.6) is 0 Å². The zero-order valence-corrected chi connectivity index (χ0v) is 10.7. The minimum Gasteiger partial charge on any atom is -0.311 e. The summed E-state index contributed by atoms with van der Waals surface area (Å²) < 4.78 is 0. The first kappa shape index (κ1) is 11.9. The van der Waals surface area contributed by atoms with E-state index in [0.29, 0.717) is 12.1 Å². The van der Waals surface area contributed by atoms with Gasteiger partial charge in [-0.3, -0.25) is 0 Å². The van der Waals surface area contributed by atoms with E-state index in [0.717, 1.165) is 24.5 Å². The molecule has 2 rings (SSSR count). The fraction of sp³-hybridized carbons (Fsp3) is 0.538. The molecule has 0 aliphatic carbocycles. The number of rotatable bonds is 2. The fourth-order valence-electron chi connectivity index (χ4n) is 2.25. The quantitative estimate of drug-likeness (QED) is 0.850. The standard InChI is InChI=1S/C13H19ClN2/c1-10-13(15-7-8-16(10)2)9-11-5-3-4-6-12(11)14/h3-6,10,13,15H,7-9H2,1-2H3. The predicted molar refractivity (Wildman–Crippen MR) is 69.0 cm³/mol. The first-order valence-electron chi connectivity index (χ1n) is 5.85. The van der Waals surface area contributed by atoms with Gasteiger partial charge in [-0.2, -0.15) is 0 Å². The highest BCUT2D eigenvalue weighted by Crippen LogP contribution is 2.19. The van der Waals surface area contributed by atoms with Crippen LogP contribution in [0.1, 0.15) is 12.5 Å². The summed E-state index contributed by atoms with van der Waals surface area (Å²) in [6.45, 7) is 4.46. The maximum Gasteiger partial charge on any atom is 0.0438 e. The smallest absolute Gasteiger partial charge is 0.0438 e. The maximum atomic E-state index is 6.19. The van der Waals surface area contributed by atoms with Crippen molar-refractivity contribution in [2.24, 2.45) is 0 Å². The lowest BCUT2D eigenvalue weighted by Gasteiger charge is -2.38. The largest absolute Gasteiger partial charge is 0.311 e. The summed E-state index contributed by atoms with van der Waals surface area (Å²) in [6, 6.07) is 9.18. The SMILES string of the molecule is CC1C(Cc2ccccc2Cl)NCCN1C. The van der Waals surface area contributed by atoms with Crippen molar-refractivity contribution in [3.8, 4) is 0 Å². The van der Waals surface area contributed by atoms with Gasteiger partial charge in [-0.15, -0.1) is 0 Å². The molecule has 0 saturated carbocycles. The molecule has 1 aromatic rings. The van der Waals surface area contributed by atoms with Crippen molar-refractivity contribution in [3.63, 3.8) is 0 Å². The van der Waals surface area contributed by atoms with Gasteiger partial charge in [0, 0.05) is 30.2 Å². The Morgan fingerprint density at radius 1 is 1.44 bits per heavy atom. The summed E-state index contributed by atoms with van der Waals surface area (Å²) in [4.78, 5) is 2.40. The molecule has 2 unspecified atom stereocenters. The lowest BCUT2D eigenvalue weighted by atomic mass is 9.98. The topological polar surface area (TPSA) is 15.3 Å². The number of hydrogen-bond acceptors (Lipinski definition) is 2. The molecule has 1 aromatic carbocycles. The zero-order valence-electron chi connectivity index (χ0n) is 9.91. The van der Waals surface area contributed by atoms with E-state index in [1.165, 1.54) is 5.56 Å². The third-order valence-corrected chi connectivity index (χ3v) is 3.91. The first-order chi connectivity index (χ1) is 7.68. The third-order valence-electron chi connectivity index (χ3n) is 3.55. The Morgan fingerprint density at radius 2 is 2.19 bits per heavy atom. The number of benzene rings is 1. The molecule has 3 heteroatoms. The highest BCUT2D eigenvalue weighted by Gasteiger charge is 2.25. The lowest BCUT2D eigenvalue weighted by Crippen LogP contribution is -2.55. The Bertz CT molecular complexity index is 354. The van der Waals surface area contributed by atoms with Crippen molar-refractivity contribution in [1.29, 1.82) is 0 Å². The van der Waals surface area contributed by atoms with E-state index in [1.807, 2.05) is 12.1 Å². The van der Waals surface area contributed by atoms with Gasteiger partial charge in [0.05, 0.1) is 0 Å². The van der Waals surface area contributed by atoms with E-state index in [-0.39, 0.29) is 0 Å². The molecule has 0 aromatic heterocycles. The molecule has 0 bridgehead atoms. The summed E-state index contributed by atoms with van der Waals surface area (Å²) in [6.07, 6.45) is 1.01. The minimum absolute atomic E-state index is 0.499. The van der Waals surface area contributed by atoms with Gasteiger partial charge in [0.2, 0.25) is 0 Å². The van der Waals surface area contributed by atoms with Gasteiger partial charge in [0.25, 0.3) is 0 Å². The van der Waals surface area contributed by atoms with Crippen molar-refractivity contribution >= 4 is 11.6 Å². The molecule has 16 heavy (non-hydrogen) atoms. The Balaban J connectivity index is 2.06. The molecule has 2 nitrogen and oxygen atoms in total. The van der Waals surface area contributed by atoms with Gasteiger partial charge in [0.15, 0.2) is 0 Å². The molecule has 1 aliphatic heterocycles. The summed E-state index contributed by atoms with van der Waals surface area (Å²) in [7, 11) is 2.19. The maximum absolute atomic E-state index is 6.19. The van der Waals surface area contributed by atoms with Crippen LogP contribution in [0.15, 0.2) is 24.3 Å². The van der Waals surface area contributed by atoms with Crippen molar-refractivity contribution < 1.29 is 0 Å². The predicted octanol–water partition coefficient (Wildman–Crippen LogP) is 2.17. The number of hydrogen-bond donors (Lipinski definition) is 1. The summed E-state index contributed by atoms with van der Waals surface area (Å²) >= 11 is 6.19.